The Labute approximate surface area is 201 Å². The molecule has 0 N–H and O–H groups in total. The second-order valence-electron chi connectivity index (χ2n) is 8.59. The number of rotatable bonds is 4. The highest BCUT2D eigenvalue weighted by atomic mass is 35.5. The van der Waals surface area contributed by atoms with Crippen LogP contribution < -0.4 is 4.90 Å². The van der Waals surface area contributed by atoms with Crippen molar-refractivity contribution < 1.29 is 9.18 Å². The van der Waals surface area contributed by atoms with Crippen molar-refractivity contribution in [3.8, 4) is 5.69 Å². The Kier molecular flexibility index (Phi) is 5.91. The largest absolute Gasteiger partial charge is 0.352 e. The molecule has 0 unspecified atom stereocenters. The van der Waals surface area contributed by atoms with Gasteiger partial charge in [0.05, 0.1) is 22.3 Å². The maximum atomic E-state index is 13.2. The van der Waals surface area contributed by atoms with Gasteiger partial charge in [-0.25, -0.2) is 19.0 Å². The molecule has 3 heterocycles. The van der Waals surface area contributed by atoms with Gasteiger partial charge in [-0.1, -0.05) is 37.6 Å². The van der Waals surface area contributed by atoms with E-state index >= 15 is 0 Å². The highest BCUT2D eigenvalue weighted by Crippen LogP contribution is 2.30. The molecule has 1 amide bonds. The van der Waals surface area contributed by atoms with Gasteiger partial charge in [0.1, 0.15) is 17.5 Å². The number of fused-ring (bicyclic) bond motifs is 1. The van der Waals surface area contributed by atoms with Gasteiger partial charge in [0.15, 0.2) is 5.65 Å². The van der Waals surface area contributed by atoms with E-state index in [0.717, 1.165) is 22.7 Å². The fourth-order valence-electron chi connectivity index (χ4n) is 4.10. The summed E-state index contributed by atoms with van der Waals surface area (Å²) >= 11 is 6.44. The molecular weight excluding hydrogens is 455 g/mol. The predicted molar refractivity (Wildman–Crippen MR) is 130 cm³/mol. The molecule has 0 spiro atoms. The van der Waals surface area contributed by atoms with Crippen molar-refractivity contribution >= 4 is 34.4 Å². The van der Waals surface area contributed by atoms with E-state index in [1.807, 2.05) is 24.3 Å². The summed E-state index contributed by atoms with van der Waals surface area (Å²) in [6.07, 6.45) is 1.77. The Bertz CT molecular complexity index is 1350. The third-order valence-corrected chi connectivity index (χ3v) is 6.30. The van der Waals surface area contributed by atoms with Crippen LogP contribution in [-0.2, 0) is 0 Å². The van der Waals surface area contributed by atoms with Gasteiger partial charge in [-0.3, -0.25) is 4.79 Å². The van der Waals surface area contributed by atoms with Crippen molar-refractivity contribution in [1.82, 2.24) is 24.6 Å². The number of hydrogen-bond acceptors (Lipinski definition) is 5. The van der Waals surface area contributed by atoms with E-state index in [0.29, 0.717) is 42.4 Å². The van der Waals surface area contributed by atoms with Crippen molar-refractivity contribution in [2.24, 2.45) is 0 Å². The maximum Gasteiger partial charge on any atom is 0.253 e. The summed E-state index contributed by atoms with van der Waals surface area (Å²) in [7, 11) is 0. The number of anilines is 1. The minimum atomic E-state index is -0.354. The van der Waals surface area contributed by atoms with E-state index in [1.54, 1.807) is 15.8 Å². The monoisotopic (exact) mass is 478 g/mol. The average molecular weight is 479 g/mol. The van der Waals surface area contributed by atoms with Gasteiger partial charge in [-0.15, -0.1) is 0 Å². The first-order valence-electron chi connectivity index (χ1n) is 11.2. The SMILES string of the molecule is CC(C)c1nc(N2CCN(C(=O)c3ccc(F)cc3)CC2)c2cnn(-c3ccccc3Cl)c2n1. The normalized spacial score (nSPS) is 14.3. The number of para-hydroxylation sites is 1. The highest BCUT2D eigenvalue weighted by molar-refractivity contribution is 6.32. The molecule has 1 fully saturated rings. The van der Waals surface area contributed by atoms with Crippen LogP contribution in [-0.4, -0.2) is 56.7 Å². The molecule has 1 saturated heterocycles. The Morgan fingerprint density at radius 1 is 1.00 bits per heavy atom. The first-order chi connectivity index (χ1) is 16.4. The summed E-state index contributed by atoms with van der Waals surface area (Å²) in [5.74, 6) is 1.20. The van der Waals surface area contributed by atoms with E-state index in [2.05, 4.69) is 23.8 Å². The topological polar surface area (TPSA) is 67.2 Å². The fourth-order valence-corrected chi connectivity index (χ4v) is 4.32. The lowest BCUT2D eigenvalue weighted by Crippen LogP contribution is -2.49. The van der Waals surface area contributed by atoms with Gasteiger partial charge in [0.2, 0.25) is 0 Å². The van der Waals surface area contributed by atoms with E-state index in [-0.39, 0.29) is 17.6 Å². The molecule has 0 bridgehead atoms. The van der Waals surface area contributed by atoms with Crippen LogP contribution in [0.1, 0.15) is 35.9 Å². The Balaban J connectivity index is 1.45. The standard InChI is InChI=1S/C25H24ClFN6O/c1-16(2)22-29-23(19-15-28-33(24(19)30-22)21-6-4-3-5-20(21)26)31-11-13-32(14-12-31)25(34)17-7-9-18(27)10-8-17/h3-10,15-16H,11-14H2,1-2H3. The summed E-state index contributed by atoms with van der Waals surface area (Å²) in [6, 6.07) is 13.2. The highest BCUT2D eigenvalue weighted by Gasteiger charge is 2.26. The summed E-state index contributed by atoms with van der Waals surface area (Å²) in [4.78, 5) is 26.5. The third kappa shape index (κ3) is 4.09. The predicted octanol–water partition coefficient (Wildman–Crippen LogP) is 4.69. The van der Waals surface area contributed by atoms with Crippen LogP contribution in [0.3, 0.4) is 0 Å². The first-order valence-corrected chi connectivity index (χ1v) is 11.6. The molecule has 34 heavy (non-hydrogen) atoms. The second-order valence-corrected chi connectivity index (χ2v) is 9.00. The molecule has 0 saturated carbocycles. The molecule has 4 aromatic rings. The minimum absolute atomic E-state index is 0.0955. The summed E-state index contributed by atoms with van der Waals surface area (Å²) in [5.41, 5.74) is 1.95. The fraction of sp³-hybridized carbons (Fsp3) is 0.280. The van der Waals surface area contributed by atoms with Gasteiger partial charge >= 0.3 is 0 Å². The number of aromatic nitrogens is 4. The van der Waals surface area contributed by atoms with E-state index in [1.165, 1.54) is 24.3 Å². The van der Waals surface area contributed by atoms with Crippen molar-refractivity contribution in [3.05, 3.63) is 77.0 Å². The number of carbonyl (C=O) groups is 1. The Morgan fingerprint density at radius 2 is 1.71 bits per heavy atom. The van der Waals surface area contributed by atoms with Crippen molar-refractivity contribution in [3.63, 3.8) is 0 Å². The molecule has 2 aromatic heterocycles. The summed E-state index contributed by atoms with van der Waals surface area (Å²) in [5, 5.41) is 6.01. The molecule has 1 aliphatic rings. The average Bonchev–Trinajstić information content (AvgIpc) is 3.28. The number of halogens is 2. The Morgan fingerprint density at radius 3 is 2.38 bits per heavy atom. The molecular formula is C25H24ClFN6O. The van der Waals surface area contributed by atoms with Gasteiger partial charge in [0.25, 0.3) is 5.91 Å². The first kappa shape index (κ1) is 22.3. The van der Waals surface area contributed by atoms with Crippen molar-refractivity contribution in [2.75, 3.05) is 31.1 Å². The summed E-state index contributed by atoms with van der Waals surface area (Å²) < 4.78 is 15.0. The van der Waals surface area contributed by atoms with Crippen LogP contribution in [0.2, 0.25) is 5.02 Å². The smallest absolute Gasteiger partial charge is 0.253 e. The van der Waals surface area contributed by atoms with Crippen molar-refractivity contribution in [2.45, 2.75) is 19.8 Å². The number of carbonyl (C=O) groups excluding carboxylic acids is 1. The van der Waals surface area contributed by atoms with Gasteiger partial charge in [0, 0.05) is 37.7 Å². The number of piperazine rings is 1. The zero-order chi connectivity index (χ0) is 23.8. The van der Waals surface area contributed by atoms with E-state index in [4.69, 9.17) is 21.6 Å². The Hall–Kier alpha value is -3.52. The van der Waals surface area contributed by atoms with Gasteiger partial charge < -0.3 is 9.80 Å². The van der Waals surface area contributed by atoms with Crippen LogP contribution in [0, 0.1) is 5.82 Å². The van der Waals surface area contributed by atoms with Gasteiger partial charge in [-0.05, 0) is 36.4 Å². The van der Waals surface area contributed by atoms with E-state index in [9.17, 15) is 9.18 Å². The molecule has 174 valence electrons. The lowest BCUT2D eigenvalue weighted by atomic mass is 10.1. The van der Waals surface area contributed by atoms with Gasteiger partial charge in [-0.2, -0.15) is 5.10 Å². The second kappa shape index (κ2) is 9.02. The zero-order valence-corrected chi connectivity index (χ0v) is 19.7. The molecule has 0 radical (unpaired) electrons. The molecule has 0 atom stereocenters. The molecule has 7 nitrogen and oxygen atoms in total. The zero-order valence-electron chi connectivity index (χ0n) is 18.9. The number of amides is 1. The summed E-state index contributed by atoms with van der Waals surface area (Å²) in [6.45, 7) is 6.43. The van der Waals surface area contributed by atoms with Crippen LogP contribution >= 0.6 is 11.6 Å². The van der Waals surface area contributed by atoms with Crippen LogP contribution in [0.4, 0.5) is 10.2 Å². The lowest BCUT2D eigenvalue weighted by Gasteiger charge is -2.35. The van der Waals surface area contributed by atoms with Crippen molar-refractivity contribution in [1.29, 1.82) is 0 Å². The number of hydrogen-bond donors (Lipinski definition) is 0. The molecule has 2 aromatic carbocycles. The third-order valence-electron chi connectivity index (χ3n) is 5.98. The quantitative estimate of drug-likeness (QED) is 0.425. The minimum Gasteiger partial charge on any atom is -0.352 e. The molecule has 9 heteroatoms. The van der Waals surface area contributed by atoms with Crippen LogP contribution in [0.5, 0.6) is 0 Å². The number of nitrogens with zero attached hydrogens (tertiary/aromatic N) is 6. The molecule has 1 aliphatic heterocycles. The molecule has 5 rings (SSSR count). The number of benzene rings is 2. The maximum absolute atomic E-state index is 13.2. The van der Waals surface area contributed by atoms with E-state index < -0.39 is 0 Å². The molecule has 0 aliphatic carbocycles. The van der Waals surface area contributed by atoms with Crippen LogP contribution in [0.15, 0.2) is 54.7 Å². The van der Waals surface area contributed by atoms with Crippen LogP contribution in [0.25, 0.3) is 16.7 Å². The lowest BCUT2D eigenvalue weighted by molar-refractivity contribution is 0.0746.